The van der Waals surface area contributed by atoms with Crippen LogP contribution in [0, 0.1) is 23.2 Å². The van der Waals surface area contributed by atoms with Crippen molar-refractivity contribution in [3.8, 4) is 5.75 Å². The summed E-state index contributed by atoms with van der Waals surface area (Å²) in [6.07, 6.45) is 9.68. The van der Waals surface area contributed by atoms with Gasteiger partial charge in [-0.05, 0) is 112 Å². The van der Waals surface area contributed by atoms with Gasteiger partial charge in [-0.15, -0.1) is 0 Å². The maximum absolute atomic E-state index is 12.2. The van der Waals surface area contributed by atoms with E-state index in [9.17, 15) is 15.0 Å². The Balaban J connectivity index is 1.38. The van der Waals surface area contributed by atoms with Crippen LogP contribution in [0.25, 0.3) is 0 Å². The highest BCUT2D eigenvalue weighted by molar-refractivity contribution is 5.74. The summed E-state index contributed by atoms with van der Waals surface area (Å²) in [5.74, 6) is 1.98. The number of ether oxygens (including phenoxy) is 1. The van der Waals surface area contributed by atoms with E-state index in [1.807, 2.05) is 12.1 Å². The molecule has 0 radical (unpaired) electrons. The molecule has 5 rings (SSSR count). The van der Waals surface area contributed by atoms with E-state index in [1.165, 1.54) is 36.8 Å². The number of unbranched alkanes of at least 4 members (excludes halogenated alkanes) is 2. The predicted octanol–water partition coefficient (Wildman–Crippen LogP) is 5.03. The lowest BCUT2D eigenvalue weighted by Gasteiger charge is -2.56. The number of aryl methyl sites for hydroxylation is 1. The maximum Gasteiger partial charge on any atom is 0.309 e. The number of carbonyl (C=O) groups excluding carboxylic acids is 1. The summed E-state index contributed by atoms with van der Waals surface area (Å²) < 4.78 is 5.67. The van der Waals surface area contributed by atoms with Crippen LogP contribution in [0.4, 0.5) is 0 Å². The third-order valence-electron chi connectivity index (χ3n) is 10.1. The molecular weight excluding hydrogens is 426 g/mol. The number of rotatable bonds is 8. The van der Waals surface area contributed by atoms with Crippen LogP contribution in [0.3, 0.4) is 0 Å². The Morgan fingerprint density at radius 1 is 1.21 bits per heavy atom. The quantitative estimate of drug-likeness (QED) is 0.413. The highest BCUT2D eigenvalue weighted by Crippen LogP contribution is 2.68. The molecule has 0 aromatic heterocycles. The number of fused-ring (bicyclic) bond motifs is 7. The van der Waals surface area contributed by atoms with E-state index < -0.39 is 5.60 Å². The second-order valence-corrected chi connectivity index (χ2v) is 12.1. The fourth-order valence-electron chi connectivity index (χ4n) is 8.56. The van der Waals surface area contributed by atoms with Crippen LogP contribution in [0.2, 0.25) is 0 Å². The Morgan fingerprint density at radius 2 is 2.03 bits per heavy atom. The zero-order valence-electron chi connectivity index (χ0n) is 21.3. The minimum absolute atomic E-state index is 0.156. The molecule has 1 heterocycles. The van der Waals surface area contributed by atoms with E-state index >= 15 is 0 Å². The van der Waals surface area contributed by atoms with Crippen molar-refractivity contribution in [1.29, 1.82) is 0 Å². The smallest absolute Gasteiger partial charge is 0.309 e. The van der Waals surface area contributed by atoms with Crippen molar-refractivity contribution in [1.82, 2.24) is 4.90 Å². The summed E-state index contributed by atoms with van der Waals surface area (Å²) in [5, 5.41) is 21.9. The second-order valence-electron chi connectivity index (χ2n) is 12.1. The van der Waals surface area contributed by atoms with E-state index in [0.29, 0.717) is 29.4 Å². The highest BCUT2D eigenvalue weighted by atomic mass is 16.6. The minimum Gasteiger partial charge on any atom is -0.508 e. The highest BCUT2D eigenvalue weighted by Gasteiger charge is 2.71. The third-order valence-corrected chi connectivity index (χ3v) is 10.1. The molecule has 7 atom stereocenters. The predicted molar refractivity (Wildman–Crippen MR) is 133 cm³/mol. The van der Waals surface area contributed by atoms with Crippen molar-refractivity contribution in [3.05, 3.63) is 29.3 Å². The Morgan fingerprint density at radius 3 is 2.82 bits per heavy atom. The molecule has 4 aliphatic rings. The monoisotopic (exact) mass is 469 g/mol. The molecule has 5 heteroatoms. The lowest BCUT2D eigenvalue weighted by molar-refractivity contribution is -0.142. The average Bonchev–Trinajstić information content (AvgIpc) is 3.19. The molecule has 1 aromatic carbocycles. The molecule has 3 fully saturated rings. The zero-order valence-corrected chi connectivity index (χ0v) is 21.3. The van der Waals surface area contributed by atoms with Crippen molar-refractivity contribution in [2.24, 2.45) is 23.2 Å². The number of hydrogen-bond acceptors (Lipinski definition) is 5. The molecule has 3 aliphatic carbocycles. The number of aliphatic hydroxyl groups is 1. The van der Waals surface area contributed by atoms with Gasteiger partial charge in [0.05, 0.1) is 6.42 Å². The number of nitrogens with zero attached hydrogens (tertiary/aromatic N) is 1. The van der Waals surface area contributed by atoms with Crippen LogP contribution in [0.5, 0.6) is 5.75 Å². The van der Waals surface area contributed by atoms with Gasteiger partial charge in [-0.3, -0.25) is 4.79 Å². The first-order valence-corrected chi connectivity index (χ1v) is 13.7. The number of benzene rings is 1. The molecule has 0 amide bonds. The van der Waals surface area contributed by atoms with E-state index in [0.717, 1.165) is 45.2 Å². The minimum atomic E-state index is -1.02. The van der Waals surface area contributed by atoms with Crippen molar-refractivity contribution >= 4 is 5.97 Å². The molecule has 188 valence electrons. The van der Waals surface area contributed by atoms with Crippen LogP contribution in [-0.4, -0.2) is 52.9 Å². The van der Waals surface area contributed by atoms with Crippen LogP contribution in [0.1, 0.15) is 88.7 Å². The Labute approximate surface area is 204 Å². The van der Waals surface area contributed by atoms with Crippen molar-refractivity contribution in [3.63, 3.8) is 0 Å². The number of phenolic OH excluding ortho intramolecular Hbond substituents is 1. The maximum atomic E-state index is 12.2. The van der Waals surface area contributed by atoms with Gasteiger partial charge in [0.15, 0.2) is 0 Å². The fraction of sp³-hybridized carbons (Fsp3) is 0.759. The summed E-state index contributed by atoms with van der Waals surface area (Å²) in [6.45, 7) is 6.81. The van der Waals surface area contributed by atoms with Crippen LogP contribution in [-0.2, 0) is 16.0 Å². The van der Waals surface area contributed by atoms with E-state index in [-0.39, 0.29) is 23.9 Å². The van der Waals surface area contributed by atoms with Gasteiger partial charge in [-0.25, -0.2) is 0 Å². The molecule has 1 saturated heterocycles. The first-order chi connectivity index (χ1) is 16.3. The van der Waals surface area contributed by atoms with Gasteiger partial charge in [-0.1, -0.05) is 32.8 Å². The van der Waals surface area contributed by atoms with Gasteiger partial charge in [0, 0.05) is 5.41 Å². The Kier molecular flexibility index (Phi) is 6.48. The molecular formula is C29H43NO4. The Hall–Kier alpha value is -1.59. The van der Waals surface area contributed by atoms with Gasteiger partial charge in [0.2, 0.25) is 0 Å². The van der Waals surface area contributed by atoms with E-state index in [1.54, 1.807) is 0 Å². The second kappa shape index (κ2) is 9.13. The molecule has 0 bridgehead atoms. The largest absolute Gasteiger partial charge is 0.508 e. The van der Waals surface area contributed by atoms with E-state index in [4.69, 9.17) is 4.74 Å². The molecule has 34 heavy (non-hydrogen) atoms. The first kappa shape index (κ1) is 24.1. The van der Waals surface area contributed by atoms with Crippen molar-refractivity contribution < 1.29 is 19.7 Å². The van der Waals surface area contributed by atoms with Gasteiger partial charge < -0.3 is 19.8 Å². The summed E-state index contributed by atoms with van der Waals surface area (Å²) in [4.78, 5) is 14.6. The number of hydrogen-bond donors (Lipinski definition) is 2. The molecule has 1 unspecified atom stereocenters. The number of carbonyl (C=O) groups is 1. The number of aromatic hydroxyl groups is 1. The molecule has 2 saturated carbocycles. The molecule has 1 aromatic rings. The normalized spacial score (nSPS) is 38.3. The van der Waals surface area contributed by atoms with Crippen molar-refractivity contribution in [2.75, 3.05) is 20.1 Å². The summed E-state index contributed by atoms with van der Waals surface area (Å²) in [7, 11) is 2.22. The number of phenols is 1. The molecule has 0 spiro atoms. The SMILES string of the molecule is CCCN(C)CCCCC[C@H]1C[C@@]2(C)[C@@H](CC3OC(=O)C[C@@]32O)[C@@H]2CCc3cc(O)ccc3[C@@H]12. The molecule has 5 nitrogen and oxygen atoms in total. The molecule has 1 aliphatic heterocycles. The summed E-state index contributed by atoms with van der Waals surface area (Å²) >= 11 is 0. The van der Waals surface area contributed by atoms with Gasteiger partial charge >= 0.3 is 5.97 Å². The topological polar surface area (TPSA) is 70.0 Å². The average molecular weight is 470 g/mol. The standard InChI is InChI=1S/C29H43NO4/c1-4-13-30(3)14-7-5-6-8-20-17-28(2)24(16-25-29(28,33)18-26(32)34-25)23-11-9-19-15-21(31)10-12-22(19)27(20)23/h10,12,15,20,23-25,27,31,33H,4-9,11,13-14,16-18H2,1-3H3/t20-,23-,24-,25?,27+,28-,29+/m0/s1. The van der Waals surface area contributed by atoms with Crippen LogP contribution >= 0.6 is 0 Å². The third kappa shape index (κ3) is 3.87. The Bertz CT molecular complexity index is 917. The van der Waals surface area contributed by atoms with Crippen LogP contribution in [0.15, 0.2) is 18.2 Å². The molecule has 2 N–H and O–H groups in total. The van der Waals surface area contributed by atoms with E-state index in [2.05, 4.69) is 31.9 Å². The lowest BCUT2D eigenvalue weighted by Crippen LogP contribution is -2.54. The van der Waals surface area contributed by atoms with Crippen LogP contribution < -0.4 is 0 Å². The zero-order chi connectivity index (χ0) is 24.1. The summed E-state index contributed by atoms with van der Waals surface area (Å²) in [6, 6.07) is 5.99. The number of esters is 1. The van der Waals surface area contributed by atoms with Gasteiger partial charge in [-0.2, -0.15) is 0 Å². The van der Waals surface area contributed by atoms with Gasteiger partial charge in [0.1, 0.15) is 17.5 Å². The fourth-order valence-corrected chi connectivity index (χ4v) is 8.56. The first-order valence-electron chi connectivity index (χ1n) is 13.7. The summed E-state index contributed by atoms with van der Waals surface area (Å²) in [5.41, 5.74) is 1.44. The van der Waals surface area contributed by atoms with Gasteiger partial charge in [0.25, 0.3) is 0 Å². The van der Waals surface area contributed by atoms with Crippen molar-refractivity contribution in [2.45, 2.75) is 95.7 Å². The lowest BCUT2D eigenvalue weighted by atomic mass is 9.49.